The second-order valence-corrected chi connectivity index (χ2v) is 7.33. The molecule has 5 rings (SSSR count). The number of benzene rings is 1. The van der Waals surface area contributed by atoms with Gasteiger partial charge in [-0.2, -0.15) is 0 Å². The molecule has 2 fully saturated rings. The van der Waals surface area contributed by atoms with Gasteiger partial charge in [0.1, 0.15) is 17.6 Å². The van der Waals surface area contributed by atoms with Crippen molar-refractivity contribution >= 4 is 33.4 Å². The molecule has 1 aromatic heterocycles. The average molecular weight is 413 g/mol. The van der Waals surface area contributed by atoms with Crippen LogP contribution in [0.1, 0.15) is 0 Å². The van der Waals surface area contributed by atoms with Gasteiger partial charge in [-0.3, -0.25) is 14.6 Å². The molecule has 2 saturated heterocycles. The summed E-state index contributed by atoms with van der Waals surface area (Å²) >= 11 is 3.43. The van der Waals surface area contributed by atoms with E-state index in [0.29, 0.717) is 17.2 Å². The number of hydrogen-bond acceptors (Lipinski definition) is 5. The molecule has 3 aliphatic heterocycles. The standard InChI is InChI=1S/C19H13BrN2O4/c20-13-9-14-15-16(17(13)26-14)19(24)22(18(15)23)10-1-3-11(4-2-10)25-12-5-7-21-8-6-12/h1-9,14-17H. The van der Waals surface area contributed by atoms with E-state index in [9.17, 15) is 9.59 Å². The molecular weight excluding hydrogens is 400 g/mol. The monoisotopic (exact) mass is 412 g/mol. The maximum absolute atomic E-state index is 12.8. The van der Waals surface area contributed by atoms with Gasteiger partial charge in [-0.25, -0.2) is 4.90 Å². The number of imide groups is 1. The summed E-state index contributed by atoms with van der Waals surface area (Å²) < 4.78 is 12.3. The lowest BCUT2D eigenvalue weighted by Gasteiger charge is -2.18. The van der Waals surface area contributed by atoms with Crippen molar-refractivity contribution in [2.24, 2.45) is 11.8 Å². The number of hydrogen-bond donors (Lipinski definition) is 0. The molecular formula is C19H13BrN2O4. The molecule has 1 aromatic carbocycles. The first-order valence-electron chi connectivity index (χ1n) is 8.22. The summed E-state index contributed by atoms with van der Waals surface area (Å²) in [7, 11) is 0. The van der Waals surface area contributed by atoms with Crippen molar-refractivity contribution in [1.82, 2.24) is 4.98 Å². The molecule has 0 saturated carbocycles. The van der Waals surface area contributed by atoms with Crippen molar-refractivity contribution in [3.63, 3.8) is 0 Å². The van der Waals surface area contributed by atoms with Crippen LogP contribution in [0.4, 0.5) is 5.69 Å². The van der Waals surface area contributed by atoms with E-state index < -0.39 is 11.8 Å². The molecule has 26 heavy (non-hydrogen) atoms. The smallest absolute Gasteiger partial charge is 0.240 e. The van der Waals surface area contributed by atoms with Gasteiger partial charge in [-0.05, 0) is 42.5 Å². The Morgan fingerprint density at radius 2 is 1.62 bits per heavy atom. The second kappa shape index (κ2) is 5.75. The van der Waals surface area contributed by atoms with Crippen LogP contribution in [0.3, 0.4) is 0 Å². The summed E-state index contributed by atoms with van der Waals surface area (Å²) in [5.41, 5.74) is 0.548. The van der Waals surface area contributed by atoms with Crippen LogP contribution in [0.2, 0.25) is 0 Å². The SMILES string of the molecule is O=C1C2C3C=C(Br)C(O3)C2C(=O)N1c1ccc(Oc2ccncc2)cc1. The first kappa shape index (κ1) is 15.7. The highest BCUT2D eigenvalue weighted by atomic mass is 79.9. The highest BCUT2D eigenvalue weighted by molar-refractivity contribution is 9.11. The number of carbonyl (C=O) groups excluding carboxylic acids is 2. The molecule has 6 nitrogen and oxygen atoms in total. The number of carbonyl (C=O) groups is 2. The number of nitrogens with zero attached hydrogens (tertiary/aromatic N) is 2. The molecule has 130 valence electrons. The van der Waals surface area contributed by atoms with Gasteiger partial charge in [0.15, 0.2) is 0 Å². The van der Waals surface area contributed by atoms with E-state index in [4.69, 9.17) is 9.47 Å². The molecule has 2 aromatic rings. The van der Waals surface area contributed by atoms with Gasteiger partial charge in [0.2, 0.25) is 11.8 Å². The minimum absolute atomic E-state index is 0.202. The molecule has 4 atom stereocenters. The number of fused-ring (bicyclic) bond motifs is 5. The number of rotatable bonds is 3. The van der Waals surface area contributed by atoms with Crippen LogP contribution in [0, 0.1) is 11.8 Å². The molecule has 2 amide bonds. The zero-order valence-corrected chi connectivity index (χ0v) is 15.0. The van der Waals surface area contributed by atoms with Crippen LogP contribution >= 0.6 is 15.9 Å². The van der Waals surface area contributed by atoms with Crippen molar-refractivity contribution in [3.8, 4) is 11.5 Å². The van der Waals surface area contributed by atoms with E-state index in [1.165, 1.54) is 4.90 Å². The van der Waals surface area contributed by atoms with Crippen LogP contribution < -0.4 is 9.64 Å². The van der Waals surface area contributed by atoms with Gasteiger partial charge in [0.25, 0.3) is 0 Å². The van der Waals surface area contributed by atoms with Crippen molar-refractivity contribution in [1.29, 1.82) is 0 Å². The fourth-order valence-corrected chi connectivity index (χ4v) is 4.46. The fraction of sp³-hybridized carbons (Fsp3) is 0.211. The number of halogens is 1. The highest BCUT2D eigenvalue weighted by Gasteiger charge is 2.62. The van der Waals surface area contributed by atoms with Gasteiger partial charge in [0, 0.05) is 16.9 Å². The van der Waals surface area contributed by atoms with Crippen molar-refractivity contribution in [2.45, 2.75) is 12.2 Å². The van der Waals surface area contributed by atoms with E-state index in [2.05, 4.69) is 20.9 Å². The number of anilines is 1. The quantitative estimate of drug-likeness (QED) is 0.724. The van der Waals surface area contributed by atoms with Gasteiger partial charge in [0.05, 0.1) is 23.6 Å². The van der Waals surface area contributed by atoms with E-state index in [0.717, 1.165) is 4.48 Å². The minimum Gasteiger partial charge on any atom is -0.457 e. The molecule has 3 aliphatic rings. The fourth-order valence-electron chi connectivity index (χ4n) is 3.81. The first-order valence-corrected chi connectivity index (χ1v) is 9.01. The van der Waals surface area contributed by atoms with Gasteiger partial charge < -0.3 is 9.47 Å². The predicted octanol–water partition coefficient (Wildman–Crippen LogP) is 3.04. The Kier molecular flexibility index (Phi) is 3.48. The highest BCUT2D eigenvalue weighted by Crippen LogP contribution is 2.50. The van der Waals surface area contributed by atoms with Gasteiger partial charge in [-0.1, -0.05) is 15.9 Å². The average Bonchev–Trinajstić information content (AvgIpc) is 3.28. The lowest BCUT2D eigenvalue weighted by molar-refractivity contribution is -0.124. The topological polar surface area (TPSA) is 68.7 Å². The zero-order chi connectivity index (χ0) is 17.8. The van der Waals surface area contributed by atoms with Crippen LogP contribution in [0.15, 0.2) is 59.4 Å². The van der Waals surface area contributed by atoms with E-state index in [1.54, 1.807) is 48.8 Å². The van der Waals surface area contributed by atoms with Crippen LogP contribution in [-0.4, -0.2) is 29.0 Å². The van der Waals surface area contributed by atoms with Gasteiger partial charge >= 0.3 is 0 Å². The number of ether oxygens (including phenoxy) is 2. The Balaban J connectivity index is 1.39. The predicted molar refractivity (Wildman–Crippen MR) is 95.9 cm³/mol. The Bertz CT molecular complexity index is 928. The van der Waals surface area contributed by atoms with Crippen molar-refractivity contribution < 1.29 is 19.1 Å². The molecule has 0 N–H and O–H groups in total. The number of amides is 2. The third kappa shape index (κ3) is 2.24. The second-order valence-electron chi connectivity index (χ2n) is 6.42. The molecule has 4 unspecified atom stereocenters. The maximum atomic E-state index is 12.8. The van der Waals surface area contributed by atoms with Gasteiger partial charge in [-0.15, -0.1) is 0 Å². The molecule has 0 radical (unpaired) electrons. The van der Waals surface area contributed by atoms with Crippen molar-refractivity contribution in [2.75, 3.05) is 4.90 Å². The van der Waals surface area contributed by atoms with Crippen LogP contribution in [0.25, 0.3) is 0 Å². The summed E-state index contributed by atoms with van der Waals surface area (Å²) in [4.78, 5) is 30.9. The van der Waals surface area contributed by atoms with E-state index in [1.807, 2.05) is 6.08 Å². The normalized spacial score (nSPS) is 29.1. The molecule has 0 spiro atoms. The Morgan fingerprint density at radius 1 is 0.962 bits per heavy atom. The Morgan fingerprint density at radius 3 is 2.35 bits per heavy atom. The largest absolute Gasteiger partial charge is 0.457 e. The Hall–Kier alpha value is -2.51. The summed E-state index contributed by atoms with van der Waals surface area (Å²) in [6.45, 7) is 0. The van der Waals surface area contributed by atoms with Crippen molar-refractivity contribution in [3.05, 3.63) is 59.4 Å². The summed E-state index contributed by atoms with van der Waals surface area (Å²) in [6, 6.07) is 10.4. The minimum atomic E-state index is -0.445. The maximum Gasteiger partial charge on any atom is 0.240 e. The number of pyridine rings is 1. The summed E-state index contributed by atoms with van der Waals surface area (Å²) in [5.74, 6) is 0.000351. The van der Waals surface area contributed by atoms with E-state index >= 15 is 0 Å². The molecule has 4 heterocycles. The third-order valence-corrected chi connectivity index (χ3v) is 5.67. The Labute approximate surface area is 157 Å². The lowest BCUT2D eigenvalue weighted by atomic mass is 9.85. The lowest BCUT2D eigenvalue weighted by Crippen LogP contribution is -2.34. The van der Waals surface area contributed by atoms with E-state index in [-0.39, 0.29) is 24.0 Å². The molecule has 7 heteroatoms. The molecule has 0 aliphatic carbocycles. The summed E-state index contributed by atoms with van der Waals surface area (Å²) in [6.07, 6.45) is 4.50. The third-order valence-electron chi connectivity index (χ3n) is 4.96. The number of aromatic nitrogens is 1. The van der Waals surface area contributed by atoms with Crippen LogP contribution in [0.5, 0.6) is 11.5 Å². The summed E-state index contributed by atoms with van der Waals surface area (Å²) in [5, 5.41) is 0. The van der Waals surface area contributed by atoms with Crippen LogP contribution in [-0.2, 0) is 14.3 Å². The first-order chi connectivity index (χ1) is 12.6. The molecule has 2 bridgehead atoms. The zero-order valence-electron chi connectivity index (χ0n) is 13.4.